The molecular formula is C29H40N2O6. The standard InChI is InChI=1S/C29H40N2O6/c1-28(2,3)36-26(34)30-22(17-20-13-9-7-10-14-20)24(32)19-25(33)23(18-21-15-11-8-12-16-21)31-27(35)37-29(4,5)6/h7-16,22-24,32H,17-19H2,1-6H3,(H,30,34)(H,31,35)/t22-,23-,24?/m0/s1. The number of amides is 2. The number of rotatable bonds is 10. The Morgan fingerprint density at radius 3 is 1.62 bits per heavy atom. The highest BCUT2D eigenvalue weighted by Gasteiger charge is 2.31. The lowest BCUT2D eigenvalue weighted by molar-refractivity contribution is -0.123. The molecule has 0 aliphatic rings. The van der Waals surface area contributed by atoms with Crippen molar-refractivity contribution in [2.75, 3.05) is 0 Å². The maximum absolute atomic E-state index is 13.4. The zero-order chi connectivity index (χ0) is 27.6. The van der Waals surface area contributed by atoms with Crippen LogP contribution in [-0.4, -0.2) is 52.5 Å². The molecule has 0 spiro atoms. The van der Waals surface area contributed by atoms with Gasteiger partial charge in [0.15, 0.2) is 5.78 Å². The average molecular weight is 513 g/mol. The lowest BCUT2D eigenvalue weighted by atomic mass is 9.93. The molecule has 0 aliphatic carbocycles. The molecule has 0 fully saturated rings. The fourth-order valence-corrected chi connectivity index (χ4v) is 3.65. The first-order chi connectivity index (χ1) is 17.2. The monoisotopic (exact) mass is 512 g/mol. The summed E-state index contributed by atoms with van der Waals surface area (Å²) in [6.07, 6.45) is -2.40. The van der Waals surface area contributed by atoms with Crippen LogP contribution in [0.25, 0.3) is 0 Å². The third-order valence-corrected chi connectivity index (χ3v) is 5.24. The minimum absolute atomic E-state index is 0.231. The molecule has 2 amide bonds. The van der Waals surface area contributed by atoms with Gasteiger partial charge in [0.2, 0.25) is 0 Å². The van der Waals surface area contributed by atoms with Gasteiger partial charge in [-0.3, -0.25) is 4.79 Å². The summed E-state index contributed by atoms with van der Waals surface area (Å²) in [6, 6.07) is 16.9. The molecule has 3 atom stereocenters. The number of hydrogen-bond acceptors (Lipinski definition) is 6. The van der Waals surface area contributed by atoms with E-state index in [9.17, 15) is 19.5 Å². The number of carbonyl (C=O) groups excluding carboxylic acids is 3. The maximum Gasteiger partial charge on any atom is 0.408 e. The van der Waals surface area contributed by atoms with Gasteiger partial charge >= 0.3 is 12.2 Å². The van der Waals surface area contributed by atoms with E-state index in [0.717, 1.165) is 11.1 Å². The Kier molecular flexibility index (Phi) is 10.7. The Morgan fingerprint density at radius 2 is 1.16 bits per heavy atom. The number of carbonyl (C=O) groups is 3. The average Bonchev–Trinajstić information content (AvgIpc) is 2.77. The summed E-state index contributed by atoms with van der Waals surface area (Å²) in [5.74, 6) is -0.383. The molecule has 202 valence electrons. The molecule has 0 saturated carbocycles. The molecular weight excluding hydrogens is 472 g/mol. The Hall–Kier alpha value is -3.39. The summed E-state index contributed by atoms with van der Waals surface area (Å²) < 4.78 is 10.7. The van der Waals surface area contributed by atoms with Crippen LogP contribution in [0.3, 0.4) is 0 Å². The molecule has 0 bridgehead atoms. The predicted molar refractivity (Wildman–Crippen MR) is 142 cm³/mol. The summed E-state index contributed by atoms with van der Waals surface area (Å²) in [5.41, 5.74) is 0.268. The summed E-state index contributed by atoms with van der Waals surface area (Å²) in [6.45, 7) is 10.4. The molecule has 8 nitrogen and oxygen atoms in total. The van der Waals surface area contributed by atoms with Gasteiger partial charge in [-0.05, 0) is 65.5 Å². The van der Waals surface area contributed by atoms with Crippen molar-refractivity contribution in [1.29, 1.82) is 0 Å². The van der Waals surface area contributed by atoms with E-state index in [4.69, 9.17) is 9.47 Å². The molecule has 0 saturated heterocycles. The number of aliphatic hydroxyl groups excluding tert-OH is 1. The highest BCUT2D eigenvalue weighted by molar-refractivity contribution is 5.88. The van der Waals surface area contributed by atoms with E-state index in [0.29, 0.717) is 0 Å². The van der Waals surface area contributed by atoms with Crippen LogP contribution in [0.2, 0.25) is 0 Å². The molecule has 0 aromatic heterocycles. The fraction of sp³-hybridized carbons (Fsp3) is 0.483. The van der Waals surface area contributed by atoms with Gasteiger partial charge in [0, 0.05) is 6.42 Å². The van der Waals surface area contributed by atoms with Crippen LogP contribution in [-0.2, 0) is 27.1 Å². The number of nitrogens with one attached hydrogen (secondary N) is 2. The maximum atomic E-state index is 13.4. The van der Waals surface area contributed by atoms with Crippen LogP contribution in [0, 0.1) is 0 Å². The molecule has 0 radical (unpaired) electrons. The van der Waals surface area contributed by atoms with E-state index in [1.807, 2.05) is 60.7 Å². The van der Waals surface area contributed by atoms with Gasteiger partial charge < -0.3 is 25.2 Å². The minimum atomic E-state index is -1.22. The lowest BCUT2D eigenvalue weighted by Crippen LogP contribution is -2.50. The van der Waals surface area contributed by atoms with Crippen molar-refractivity contribution in [2.45, 2.75) is 90.2 Å². The van der Waals surface area contributed by atoms with Crippen molar-refractivity contribution in [3.05, 3.63) is 71.8 Å². The Morgan fingerprint density at radius 1 is 0.730 bits per heavy atom. The van der Waals surface area contributed by atoms with Gasteiger partial charge in [-0.25, -0.2) is 9.59 Å². The van der Waals surface area contributed by atoms with Crippen molar-refractivity contribution in [3.63, 3.8) is 0 Å². The SMILES string of the molecule is CC(C)(C)OC(=O)N[C@@H](Cc1ccccc1)C(=O)CC(O)[C@H](Cc1ccccc1)NC(=O)OC(C)(C)C. The van der Waals surface area contributed by atoms with E-state index in [2.05, 4.69) is 10.6 Å². The van der Waals surface area contributed by atoms with Gasteiger partial charge in [0.05, 0.1) is 18.2 Å². The van der Waals surface area contributed by atoms with Gasteiger partial charge in [-0.1, -0.05) is 60.7 Å². The van der Waals surface area contributed by atoms with Crippen LogP contribution < -0.4 is 10.6 Å². The van der Waals surface area contributed by atoms with Crippen LogP contribution in [0.5, 0.6) is 0 Å². The highest BCUT2D eigenvalue weighted by atomic mass is 16.6. The van der Waals surface area contributed by atoms with E-state index in [1.54, 1.807) is 41.5 Å². The molecule has 0 aliphatic heterocycles. The van der Waals surface area contributed by atoms with Gasteiger partial charge in [0.25, 0.3) is 0 Å². The second kappa shape index (κ2) is 13.2. The van der Waals surface area contributed by atoms with Crippen LogP contribution in [0.15, 0.2) is 60.7 Å². The zero-order valence-corrected chi connectivity index (χ0v) is 22.6. The number of alkyl carbamates (subject to hydrolysis) is 2. The largest absolute Gasteiger partial charge is 0.444 e. The Labute approximate surface area is 219 Å². The second-order valence-electron chi connectivity index (χ2n) is 11.1. The number of ether oxygens (including phenoxy) is 2. The number of Topliss-reactive ketones (excluding diaryl/α,β-unsaturated/α-hetero) is 1. The first-order valence-corrected chi connectivity index (χ1v) is 12.5. The first-order valence-electron chi connectivity index (χ1n) is 12.5. The summed E-state index contributed by atoms with van der Waals surface area (Å²) in [4.78, 5) is 38.3. The van der Waals surface area contributed by atoms with Crippen LogP contribution >= 0.6 is 0 Å². The summed E-state index contributed by atoms with van der Waals surface area (Å²) in [7, 11) is 0. The molecule has 8 heteroatoms. The highest BCUT2D eigenvalue weighted by Crippen LogP contribution is 2.15. The van der Waals surface area contributed by atoms with Gasteiger partial charge in [0.1, 0.15) is 11.2 Å². The number of benzene rings is 2. The van der Waals surface area contributed by atoms with E-state index in [1.165, 1.54) is 0 Å². The Balaban J connectivity index is 2.20. The quantitative estimate of drug-likeness (QED) is 0.429. The van der Waals surface area contributed by atoms with Crippen LogP contribution in [0.4, 0.5) is 9.59 Å². The third kappa shape index (κ3) is 11.9. The Bertz CT molecular complexity index is 1010. The van der Waals surface area contributed by atoms with E-state index >= 15 is 0 Å². The van der Waals surface area contributed by atoms with Gasteiger partial charge in [-0.2, -0.15) is 0 Å². The molecule has 3 N–H and O–H groups in total. The van der Waals surface area contributed by atoms with Crippen molar-refractivity contribution >= 4 is 18.0 Å². The fourth-order valence-electron chi connectivity index (χ4n) is 3.65. The van der Waals surface area contributed by atoms with Crippen molar-refractivity contribution < 1.29 is 29.0 Å². The second-order valence-corrected chi connectivity index (χ2v) is 11.1. The molecule has 2 aromatic carbocycles. The molecule has 0 heterocycles. The number of ketones is 1. The molecule has 2 rings (SSSR count). The van der Waals surface area contributed by atoms with Crippen molar-refractivity contribution in [3.8, 4) is 0 Å². The van der Waals surface area contributed by atoms with Crippen molar-refractivity contribution in [2.24, 2.45) is 0 Å². The van der Waals surface area contributed by atoms with Gasteiger partial charge in [-0.15, -0.1) is 0 Å². The molecule has 37 heavy (non-hydrogen) atoms. The first kappa shape index (κ1) is 29.8. The molecule has 1 unspecified atom stereocenters. The smallest absolute Gasteiger partial charge is 0.408 e. The lowest BCUT2D eigenvalue weighted by Gasteiger charge is -2.28. The topological polar surface area (TPSA) is 114 Å². The third-order valence-electron chi connectivity index (χ3n) is 5.24. The minimum Gasteiger partial charge on any atom is -0.444 e. The predicted octanol–water partition coefficient (Wildman–Crippen LogP) is 4.58. The normalized spacial score (nSPS) is 14.1. The number of hydrogen-bond donors (Lipinski definition) is 3. The van der Waals surface area contributed by atoms with E-state index < -0.39 is 41.6 Å². The summed E-state index contributed by atoms with van der Waals surface area (Å²) >= 11 is 0. The van der Waals surface area contributed by atoms with Crippen LogP contribution in [0.1, 0.15) is 59.1 Å². The number of aliphatic hydroxyl groups is 1. The summed E-state index contributed by atoms with van der Waals surface area (Å²) in [5, 5.41) is 16.5. The molecule has 2 aromatic rings. The zero-order valence-electron chi connectivity index (χ0n) is 22.6. The van der Waals surface area contributed by atoms with E-state index in [-0.39, 0.29) is 25.0 Å². The van der Waals surface area contributed by atoms with Crippen molar-refractivity contribution in [1.82, 2.24) is 10.6 Å².